The summed E-state index contributed by atoms with van der Waals surface area (Å²) in [5.41, 5.74) is 0.404. The van der Waals surface area contributed by atoms with Gasteiger partial charge in [0.15, 0.2) is 0 Å². The lowest BCUT2D eigenvalue weighted by Crippen LogP contribution is -2.56. The lowest BCUT2D eigenvalue weighted by atomic mass is 9.77. The van der Waals surface area contributed by atoms with Gasteiger partial charge in [-0.15, -0.1) is 0 Å². The van der Waals surface area contributed by atoms with E-state index in [1.54, 1.807) is 6.20 Å². The molecule has 1 atom stereocenters. The lowest BCUT2D eigenvalue weighted by molar-refractivity contribution is -0.144. The molecule has 7 nitrogen and oxygen atoms in total. The summed E-state index contributed by atoms with van der Waals surface area (Å²) >= 11 is 0. The van der Waals surface area contributed by atoms with Crippen LogP contribution in [0.4, 0.5) is 5.82 Å². The molecule has 0 aliphatic carbocycles. The van der Waals surface area contributed by atoms with Crippen LogP contribution in [-0.2, 0) is 9.59 Å². The molecule has 1 amide bonds. The minimum Gasteiger partial charge on any atom is -0.481 e. The number of hydrogen-bond acceptors (Lipinski definition) is 5. The Morgan fingerprint density at radius 3 is 2.73 bits per heavy atom. The van der Waals surface area contributed by atoms with E-state index in [2.05, 4.69) is 20.2 Å². The van der Waals surface area contributed by atoms with Crippen molar-refractivity contribution in [1.82, 2.24) is 15.3 Å². The summed E-state index contributed by atoms with van der Waals surface area (Å²) in [7, 11) is 0. The van der Waals surface area contributed by atoms with E-state index in [9.17, 15) is 14.7 Å². The first kappa shape index (κ1) is 14.7. The van der Waals surface area contributed by atoms with E-state index in [0.29, 0.717) is 25.9 Å². The molecular weight excluding hydrogens is 284 g/mol. The number of carboxylic acid groups (broad SMARTS) is 1. The SMILES string of the molecule is Cc1ncc(C)c(N2CCC3(CC2)NC(=O)CC3C(=O)O)n1. The third-order valence-electron chi connectivity index (χ3n) is 4.76. The molecule has 0 aromatic carbocycles. The molecular formula is C15H20N4O3. The number of aryl methyl sites for hydroxylation is 2. The van der Waals surface area contributed by atoms with Crippen LogP contribution in [0.2, 0.25) is 0 Å². The maximum absolute atomic E-state index is 11.7. The fourth-order valence-corrected chi connectivity index (χ4v) is 3.55. The number of carbonyl (C=O) groups excluding carboxylic acids is 1. The van der Waals surface area contributed by atoms with E-state index in [-0.39, 0.29) is 12.3 Å². The second kappa shape index (κ2) is 5.23. The Labute approximate surface area is 128 Å². The van der Waals surface area contributed by atoms with Crippen molar-refractivity contribution < 1.29 is 14.7 Å². The van der Waals surface area contributed by atoms with Crippen molar-refractivity contribution in [3.05, 3.63) is 17.6 Å². The number of hydrogen-bond donors (Lipinski definition) is 2. The number of nitrogens with zero attached hydrogens (tertiary/aromatic N) is 3. The van der Waals surface area contributed by atoms with Gasteiger partial charge in [0.2, 0.25) is 5.91 Å². The molecule has 2 fully saturated rings. The van der Waals surface area contributed by atoms with E-state index in [1.807, 2.05) is 13.8 Å². The van der Waals surface area contributed by atoms with Gasteiger partial charge < -0.3 is 15.3 Å². The highest BCUT2D eigenvalue weighted by Gasteiger charge is 2.51. The maximum atomic E-state index is 11.7. The normalized spacial score (nSPS) is 23.6. The van der Waals surface area contributed by atoms with Gasteiger partial charge in [-0.25, -0.2) is 9.97 Å². The van der Waals surface area contributed by atoms with Gasteiger partial charge in [0, 0.05) is 31.3 Å². The molecule has 118 valence electrons. The number of rotatable bonds is 2. The van der Waals surface area contributed by atoms with E-state index in [4.69, 9.17) is 0 Å². The Hall–Kier alpha value is -2.18. The molecule has 2 saturated heterocycles. The highest BCUT2D eigenvalue weighted by molar-refractivity contribution is 5.88. The zero-order valence-electron chi connectivity index (χ0n) is 12.8. The van der Waals surface area contributed by atoms with Gasteiger partial charge in [0.1, 0.15) is 11.6 Å². The van der Waals surface area contributed by atoms with Crippen LogP contribution in [0.5, 0.6) is 0 Å². The first-order valence-corrected chi connectivity index (χ1v) is 7.50. The number of amides is 1. The molecule has 22 heavy (non-hydrogen) atoms. The van der Waals surface area contributed by atoms with Gasteiger partial charge in [-0.3, -0.25) is 9.59 Å². The third-order valence-corrected chi connectivity index (χ3v) is 4.76. The topological polar surface area (TPSA) is 95.4 Å². The third kappa shape index (κ3) is 2.40. The van der Waals surface area contributed by atoms with Crippen LogP contribution in [0, 0.1) is 19.8 Å². The minimum atomic E-state index is -0.888. The van der Waals surface area contributed by atoms with Crippen molar-refractivity contribution >= 4 is 17.7 Å². The molecule has 0 saturated carbocycles. The van der Waals surface area contributed by atoms with Crippen molar-refractivity contribution in [3.63, 3.8) is 0 Å². The van der Waals surface area contributed by atoms with Crippen LogP contribution in [0.15, 0.2) is 6.20 Å². The standard InChI is InChI=1S/C15H20N4O3/c1-9-8-16-10(2)17-13(9)19-5-3-15(4-6-19)11(14(21)22)7-12(20)18-15/h8,11H,3-7H2,1-2H3,(H,18,20)(H,21,22). The number of aromatic nitrogens is 2. The van der Waals surface area contributed by atoms with Crippen LogP contribution in [0.25, 0.3) is 0 Å². The molecule has 1 aromatic rings. The van der Waals surface area contributed by atoms with Crippen molar-refractivity contribution in [2.75, 3.05) is 18.0 Å². The van der Waals surface area contributed by atoms with Crippen molar-refractivity contribution in [3.8, 4) is 0 Å². The Kier molecular flexibility index (Phi) is 3.50. The van der Waals surface area contributed by atoms with Gasteiger partial charge in [-0.2, -0.15) is 0 Å². The quantitative estimate of drug-likeness (QED) is 0.833. The van der Waals surface area contributed by atoms with Crippen LogP contribution in [0.3, 0.4) is 0 Å². The minimum absolute atomic E-state index is 0.0843. The lowest BCUT2D eigenvalue weighted by Gasteiger charge is -2.42. The summed E-state index contributed by atoms with van der Waals surface area (Å²) in [5.74, 6) is -0.0526. The maximum Gasteiger partial charge on any atom is 0.309 e. The zero-order valence-corrected chi connectivity index (χ0v) is 12.8. The first-order valence-electron chi connectivity index (χ1n) is 7.50. The molecule has 2 N–H and O–H groups in total. The molecule has 7 heteroatoms. The Bertz CT molecular complexity index is 623. The molecule has 1 unspecified atom stereocenters. The summed E-state index contributed by atoms with van der Waals surface area (Å²) < 4.78 is 0. The number of aliphatic carboxylic acids is 1. The molecule has 3 rings (SSSR count). The average molecular weight is 304 g/mol. The van der Waals surface area contributed by atoms with Crippen molar-refractivity contribution in [2.45, 2.75) is 38.6 Å². The molecule has 1 spiro atoms. The smallest absolute Gasteiger partial charge is 0.309 e. The predicted octanol–water partition coefficient (Wildman–Crippen LogP) is 0.653. The van der Waals surface area contributed by atoms with E-state index < -0.39 is 17.4 Å². The average Bonchev–Trinajstić information content (AvgIpc) is 2.79. The molecule has 3 heterocycles. The largest absolute Gasteiger partial charge is 0.481 e. The fourth-order valence-electron chi connectivity index (χ4n) is 3.55. The van der Waals surface area contributed by atoms with Gasteiger partial charge in [0.25, 0.3) is 0 Å². The van der Waals surface area contributed by atoms with E-state index in [0.717, 1.165) is 17.2 Å². The van der Waals surface area contributed by atoms with Crippen LogP contribution in [-0.4, -0.2) is 45.6 Å². The molecule has 2 aliphatic heterocycles. The summed E-state index contributed by atoms with van der Waals surface area (Å²) in [4.78, 5) is 33.9. The summed E-state index contributed by atoms with van der Waals surface area (Å²) in [5, 5.41) is 12.3. The first-order chi connectivity index (χ1) is 10.4. The van der Waals surface area contributed by atoms with Crippen molar-refractivity contribution in [1.29, 1.82) is 0 Å². The molecule has 0 radical (unpaired) electrons. The zero-order chi connectivity index (χ0) is 15.9. The molecule has 2 aliphatic rings. The molecule has 1 aromatic heterocycles. The van der Waals surface area contributed by atoms with Crippen molar-refractivity contribution in [2.24, 2.45) is 5.92 Å². The van der Waals surface area contributed by atoms with E-state index >= 15 is 0 Å². The highest BCUT2D eigenvalue weighted by Crippen LogP contribution is 2.38. The van der Waals surface area contributed by atoms with Crippen LogP contribution in [0.1, 0.15) is 30.7 Å². The Morgan fingerprint density at radius 2 is 2.09 bits per heavy atom. The van der Waals surface area contributed by atoms with Gasteiger partial charge in [-0.05, 0) is 26.7 Å². The monoisotopic (exact) mass is 304 g/mol. The Balaban J connectivity index is 1.79. The summed E-state index contributed by atoms with van der Waals surface area (Å²) in [6.45, 7) is 5.19. The molecule has 0 bridgehead atoms. The summed E-state index contributed by atoms with van der Waals surface area (Å²) in [6.07, 6.45) is 3.14. The summed E-state index contributed by atoms with van der Waals surface area (Å²) in [6, 6.07) is 0. The Morgan fingerprint density at radius 1 is 1.41 bits per heavy atom. The second-order valence-corrected chi connectivity index (χ2v) is 6.21. The van der Waals surface area contributed by atoms with Gasteiger partial charge >= 0.3 is 5.97 Å². The number of carbonyl (C=O) groups is 2. The fraction of sp³-hybridized carbons (Fsp3) is 0.600. The number of anilines is 1. The highest BCUT2D eigenvalue weighted by atomic mass is 16.4. The van der Waals surface area contributed by atoms with E-state index in [1.165, 1.54) is 0 Å². The number of piperidine rings is 1. The van der Waals surface area contributed by atoms with Gasteiger partial charge in [0.05, 0.1) is 11.5 Å². The second-order valence-electron chi connectivity index (χ2n) is 6.21. The number of carboxylic acids is 1. The van der Waals surface area contributed by atoms with Crippen LogP contribution >= 0.6 is 0 Å². The number of nitrogens with one attached hydrogen (secondary N) is 1. The predicted molar refractivity (Wildman–Crippen MR) is 79.6 cm³/mol. The van der Waals surface area contributed by atoms with Gasteiger partial charge in [-0.1, -0.05) is 0 Å². The van der Waals surface area contributed by atoms with Crippen LogP contribution < -0.4 is 10.2 Å².